The topological polar surface area (TPSA) is 42.0 Å². The van der Waals surface area contributed by atoms with E-state index in [0.717, 1.165) is 5.01 Å². The van der Waals surface area contributed by atoms with Gasteiger partial charge in [-0.25, -0.2) is 4.98 Å². The van der Waals surface area contributed by atoms with Crippen molar-refractivity contribution >= 4 is 17.2 Å². The Morgan fingerprint density at radius 1 is 1.82 bits per heavy atom. The van der Waals surface area contributed by atoms with Crippen LogP contribution in [0.25, 0.3) is 0 Å². The van der Waals surface area contributed by atoms with Crippen molar-refractivity contribution in [1.29, 1.82) is 0 Å². The Balaban J connectivity index is 2.29. The highest BCUT2D eigenvalue weighted by molar-refractivity contribution is 7.09. The molecule has 0 aliphatic carbocycles. The SMILES string of the molecule is [CH2]CC(=O)NCc1nccs1. The first-order valence-electron chi connectivity index (χ1n) is 3.27. The monoisotopic (exact) mass is 169 g/mol. The third-order valence-electron chi connectivity index (χ3n) is 1.15. The molecule has 0 bridgehead atoms. The number of carbonyl (C=O) groups is 1. The van der Waals surface area contributed by atoms with Gasteiger partial charge in [-0.15, -0.1) is 11.3 Å². The lowest BCUT2D eigenvalue weighted by atomic mass is 10.4. The molecule has 1 rings (SSSR count). The zero-order valence-electron chi connectivity index (χ0n) is 6.04. The van der Waals surface area contributed by atoms with Crippen molar-refractivity contribution in [2.45, 2.75) is 13.0 Å². The molecule has 1 radical (unpaired) electrons. The zero-order valence-corrected chi connectivity index (χ0v) is 6.86. The zero-order chi connectivity index (χ0) is 8.10. The maximum Gasteiger partial charge on any atom is 0.220 e. The van der Waals surface area contributed by atoms with Crippen molar-refractivity contribution in [3.8, 4) is 0 Å². The largest absolute Gasteiger partial charge is 0.350 e. The molecule has 0 fully saturated rings. The molecular formula is C7H9N2OS. The predicted octanol–water partition coefficient (Wildman–Crippen LogP) is 0.983. The second-order valence-electron chi connectivity index (χ2n) is 1.95. The number of carbonyl (C=O) groups excluding carboxylic acids is 1. The average molecular weight is 169 g/mol. The summed E-state index contributed by atoms with van der Waals surface area (Å²) in [6, 6.07) is 0. The van der Waals surface area contributed by atoms with E-state index < -0.39 is 0 Å². The third-order valence-corrected chi connectivity index (χ3v) is 1.93. The maximum atomic E-state index is 10.7. The summed E-state index contributed by atoms with van der Waals surface area (Å²) in [6.07, 6.45) is 2.00. The van der Waals surface area contributed by atoms with Gasteiger partial charge in [-0.2, -0.15) is 0 Å². The molecule has 1 aromatic heterocycles. The Bertz CT molecular complexity index is 220. The first-order chi connectivity index (χ1) is 5.33. The van der Waals surface area contributed by atoms with Crippen LogP contribution >= 0.6 is 11.3 Å². The summed E-state index contributed by atoms with van der Waals surface area (Å²) in [5, 5.41) is 5.48. The third kappa shape index (κ3) is 2.67. The number of nitrogens with zero attached hydrogens (tertiary/aromatic N) is 1. The van der Waals surface area contributed by atoms with E-state index in [-0.39, 0.29) is 12.3 Å². The normalized spacial score (nSPS) is 9.55. The number of rotatable bonds is 3. The fourth-order valence-corrected chi connectivity index (χ4v) is 1.16. The minimum Gasteiger partial charge on any atom is -0.350 e. The first-order valence-corrected chi connectivity index (χ1v) is 4.15. The van der Waals surface area contributed by atoms with Crippen molar-refractivity contribution in [3.05, 3.63) is 23.5 Å². The maximum absolute atomic E-state index is 10.7. The molecule has 11 heavy (non-hydrogen) atoms. The van der Waals surface area contributed by atoms with Gasteiger partial charge in [0.15, 0.2) is 0 Å². The molecule has 0 atom stereocenters. The van der Waals surface area contributed by atoms with Crippen LogP contribution in [-0.2, 0) is 11.3 Å². The van der Waals surface area contributed by atoms with E-state index in [2.05, 4.69) is 17.2 Å². The predicted molar refractivity (Wildman–Crippen MR) is 43.9 cm³/mol. The minimum atomic E-state index is -0.0415. The lowest BCUT2D eigenvalue weighted by Crippen LogP contribution is -2.21. The van der Waals surface area contributed by atoms with E-state index in [4.69, 9.17) is 0 Å². The van der Waals surface area contributed by atoms with Crippen LogP contribution in [0.4, 0.5) is 0 Å². The van der Waals surface area contributed by atoms with Crippen molar-refractivity contribution in [1.82, 2.24) is 10.3 Å². The van der Waals surface area contributed by atoms with Gasteiger partial charge in [-0.1, -0.05) is 0 Å². The molecule has 0 unspecified atom stereocenters. The highest BCUT2D eigenvalue weighted by Crippen LogP contribution is 2.02. The number of aromatic nitrogens is 1. The second-order valence-corrected chi connectivity index (χ2v) is 2.93. The molecule has 0 aromatic carbocycles. The van der Waals surface area contributed by atoms with E-state index in [1.54, 1.807) is 6.20 Å². The fraction of sp³-hybridized carbons (Fsp3) is 0.286. The summed E-state index contributed by atoms with van der Waals surface area (Å²) in [4.78, 5) is 14.7. The Hall–Kier alpha value is -0.900. The summed E-state index contributed by atoms with van der Waals surface area (Å²) in [5.41, 5.74) is 0. The Morgan fingerprint density at radius 3 is 3.18 bits per heavy atom. The molecule has 3 nitrogen and oxygen atoms in total. The lowest BCUT2D eigenvalue weighted by molar-refractivity contribution is -0.120. The Morgan fingerprint density at radius 2 is 2.64 bits per heavy atom. The van der Waals surface area contributed by atoms with Gasteiger partial charge >= 0.3 is 0 Å². The molecule has 1 N–H and O–H groups in total. The Kier molecular flexibility index (Phi) is 3.04. The number of hydrogen-bond donors (Lipinski definition) is 1. The first kappa shape index (κ1) is 8.20. The van der Waals surface area contributed by atoms with Gasteiger partial charge in [0.2, 0.25) is 5.91 Å². The number of nitrogens with one attached hydrogen (secondary N) is 1. The summed E-state index contributed by atoms with van der Waals surface area (Å²) >= 11 is 1.53. The lowest BCUT2D eigenvalue weighted by Gasteiger charge is -1.97. The second kappa shape index (κ2) is 4.08. The van der Waals surface area contributed by atoms with Crippen LogP contribution in [0.5, 0.6) is 0 Å². The number of amides is 1. The summed E-state index contributed by atoms with van der Waals surface area (Å²) in [6.45, 7) is 3.98. The average Bonchev–Trinajstić information content (AvgIpc) is 2.52. The molecule has 0 aliphatic heterocycles. The van der Waals surface area contributed by atoms with E-state index in [1.165, 1.54) is 11.3 Å². The molecule has 59 valence electrons. The molecule has 0 saturated heterocycles. The molecule has 0 aliphatic rings. The highest BCUT2D eigenvalue weighted by Gasteiger charge is 1.97. The van der Waals surface area contributed by atoms with Crippen molar-refractivity contribution in [2.75, 3.05) is 0 Å². The van der Waals surface area contributed by atoms with Crippen LogP contribution in [0.15, 0.2) is 11.6 Å². The molecular weight excluding hydrogens is 160 g/mol. The fourth-order valence-electron chi connectivity index (χ4n) is 0.603. The van der Waals surface area contributed by atoms with E-state index in [1.807, 2.05) is 5.38 Å². The molecule has 0 saturated carbocycles. The van der Waals surface area contributed by atoms with Crippen molar-refractivity contribution in [3.63, 3.8) is 0 Å². The van der Waals surface area contributed by atoms with Crippen LogP contribution in [0.3, 0.4) is 0 Å². The van der Waals surface area contributed by atoms with Crippen molar-refractivity contribution < 1.29 is 4.79 Å². The minimum absolute atomic E-state index is 0.0415. The summed E-state index contributed by atoms with van der Waals surface area (Å²) < 4.78 is 0. The molecule has 0 spiro atoms. The van der Waals surface area contributed by atoms with Gasteiger partial charge < -0.3 is 5.32 Å². The van der Waals surface area contributed by atoms with Crippen LogP contribution in [0.1, 0.15) is 11.4 Å². The Labute approximate surface area is 69.5 Å². The van der Waals surface area contributed by atoms with Gasteiger partial charge in [0.05, 0.1) is 6.54 Å². The highest BCUT2D eigenvalue weighted by atomic mass is 32.1. The summed E-state index contributed by atoms with van der Waals surface area (Å²) in [7, 11) is 0. The van der Waals surface area contributed by atoms with Gasteiger partial charge in [-0.05, 0) is 6.92 Å². The van der Waals surface area contributed by atoms with Gasteiger partial charge in [0.25, 0.3) is 0 Å². The van der Waals surface area contributed by atoms with Crippen LogP contribution in [-0.4, -0.2) is 10.9 Å². The van der Waals surface area contributed by atoms with Crippen LogP contribution in [0.2, 0.25) is 0 Å². The van der Waals surface area contributed by atoms with Crippen LogP contribution < -0.4 is 5.32 Å². The van der Waals surface area contributed by atoms with E-state index in [9.17, 15) is 4.79 Å². The van der Waals surface area contributed by atoms with Crippen LogP contribution in [0, 0.1) is 6.92 Å². The van der Waals surface area contributed by atoms with Gasteiger partial charge in [0.1, 0.15) is 5.01 Å². The summed E-state index contributed by atoms with van der Waals surface area (Å²) in [5.74, 6) is -0.0415. The standard InChI is InChI=1S/C7H9N2OS/c1-2-6(10)9-5-7-8-3-4-11-7/h3-4H,1-2,5H2,(H,9,10). The molecule has 1 aromatic rings. The van der Waals surface area contributed by atoms with E-state index >= 15 is 0 Å². The van der Waals surface area contributed by atoms with Crippen molar-refractivity contribution in [2.24, 2.45) is 0 Å². The van der Waals surface area contributed by atoms with Gasteiger partial charge in [-0.3, -0.25) is 4.79 Å². The van der Waals surface area contributed by atoms with Gasteiger partial charge in [0, 0.05) is 18.0 Å². The number of thiazole rings is 1. The quantitative estimate of drug-likeness (QED) is 0.733. The molecule has 1 amide bonds. The van der Waals surface area contributed by atoms with E-state index in [0.29, 0.717) is 6.54 Å². The smallest absolute Gasteiger partial charge is 0.220 e. The molecule has 4 heteroatoms. The number of hydrogen-bond acceptors (Lipinski definition) is 3. The molecule has 1 heterocycles.